The number of likely N-dealkylation sites (N-methyl/N-ethyl adjacent to an activating group) is 1. The van der Waals surface area contributed by atoms with E-state index in [9.17, 15) is 0 Å². The second-order valence-electron chi connectivity index (χ2n) is 4.67. The molecule has 0 saturated carbocycles. The van der Waals surface area contributed by atoms with Gasteiger partial charge in [0.25, 0.3) is 0 Å². The van der Waals surface area contributed by atoms with E-state index in [2.05, 4.69) is 42.3 Å². The molecule has 0 amide bonds. The third kappa shape index (κ3) is 1.98. The van der Waals surface area contributed by atoms with Gasteiger partial charge in [0.1, 0.15) is 0 Å². The Balaban J connectivity index is 2.17. The predicted molar refractivity (Wildman–Crippen MR) is 71.1 cm³/mol. The van der Waals surface area contributed by atoms with Crippen molar-refractivity contribution in [3.05, 3.63) is 71.3 Å². The van der Waals surface area contributed by atoms with Crippen LogP contribution in [0.5, 0.6) is 0 Å². The van der Waals surface area contributed by atoms with Crippen LogP contribution < -0.4 is 0 Å². The number of fused-ring (bicyclic) bond motifs is 1. The lowest BCUT2D eigenvalue weighted by atomic mass is 9.85. The second-order valence-corrected chi connectivity index (χ2v) is 4.67. The van der Waals surface area contributed by atoms with E-state index in [0.717, 1.165) is 24.2 Å². The molecule has 1 aliphatic rings. The van der Waals surface area contributed by atoms with E-state index in [0.29, 0.717) is 0 Å². The van der Waals surface area contributed by atoms with Crippen LogP contribution in [-0.4, -0.2) is 18.5 Å². The first-order valence-electron chi connectivity index (χ1n) is 6.52. The Labute approximate surface area is 104 Å². The van der Waals surface area contributed by atoms with E-state index in [4.69, 9.17) is 1.37 Å². The molecule has 2 aromatic rings. The summed E-state index contributed by atoms with van der Waals surface area (Å²) in [6.07, 6.45) is 0. The van der Waals surface area contributed by atoms with Gasteiger partial charge in [-0.05, 0) is 23.7 Å². The summed E-state index contributed by atoms with van der Waals surface area (Å²) in [5.74, 6) is -0.648. The molecule has 0 N–H and O–H groups in total. The molecule has 0 bridgehead atoms. The van der Waals surface area contributed by atoms with Crippen molar-refractivity contribution in [2.75, 3.05) is 13.6 Å². The fourth-order valence-electron chi connectivity index (χ4n) is 2.54. The molecule has 1 heterocycles. The summed E-state index contributed by atoms with van der Waals surface area (Å²) >= 11 is 0. The van der Waals surface area contributed by atoms with Crippen LogP contribution >= 0.6 is 0 Å². The molecule has 1 aliphatic heterocycles. The smallest absolute Gasteiger partial charge is 0.0416 e. The van der Waals surface area contributed by atoms with Crippen molar-refractivity contribution in [1.82, 2.24) is 4.90 Å². The number of hydrogen-bond donors (Lipinski definition) is 0. The molecule has 0 radical (unpaired) electrons. The van der Waals surface area contributed by atoms with Crippen molar-refractivity contribution in [1.29, 1.82) is 0 Å². The molecular formula is C16H17N. The van der Waals surface area contributed by atoms with Gasteiger partial charge in [-0.15, -0.1) is 0 Å². The summed E-state index contributed by atoms with van der Waals surface area (Å²) in [5, 5.41) is 0. The Morgan fingerprint density at radius 3 is 2.59 bits per heavy atom. The summed E-state index contributed by atoms with van der Waals surface area (Å²) in [6.45, 7) is 1.68. The molecule has 2 aromatic carbocycles. The minimum atomic E-state index is -0.648. The number of nitrogens with zero attached hydrogens (tertiary/aromatic N) is 1. The average Bonchev–Trinajstić information content (AvgIpc) is 2.39. The highest BCUT2D eigenvalue weighted by molar-refractivity contribution is 5.40. The van der Waals surface area contributed by atoms with Gasteiger partial charge in [0, 0.05) is 20.4 Å². The Hall–Kier alpha value is -1.60. The van der Waals surface area contributed by atoms with Crippen LogP contribution in [0, 0.1) is 0 Å². The van der Waals surface area contributed by atoms with Gasteiger partial charge in [0.05, 0.1) is 0 Å². The van der Waals surface area contributed by atoms with Gasteiger partial charge < -0.3 is 4.90 Å². The van der Waals surface area contributed by atoms with Crippen molar-refractivity contribution in [3.63, 3.8) is 0 Å². The Morgan fingerprint density at radius 2 is 1.76 bits per heavy atom. The summed E-state index contributed by atoms with van der Waals surface area (Å²) in [4.78, 5) is 2.22. The first kappa shape index (κ1) is 9.43. The summed E-state index contributed by atoms with van der Waals surface area (Å²) in [5.41, 5.74) is 3.49. The zero-order chi connectivity index (χ0) is 12.6. The van der Waals surface area contributed by atoms with Crippen LogP contribution in [0.25, 0.3) is 0 Å². The fraction of sp³-hybridized carbons (Fsp3) is 0.250. The monoisotopic (exact) mass is 224 g/mol. The Bertz CT molecular complexity index is 552. The minimum absolute atomic E-state index is 0.648. The van der Waals surface area contributed by atoms with E-state index in [1.54, 1.807) is 0 Å². The van der Waals surface area contributed by atoms with E-state index in [-0.39, 0.29) is 0 Å². The van der Waals surface area contributed by atoms with Crippen molar-refractivity contribution >= 4 is 0 Å². The van der Waals surface area contributed by atoms with Gasteiger partial charge in [0.2, 0.25) is 0 Å². The molecule has 0 saturated heterocycles. The first-order valence-corrected chi connectivity index (χ1v) is 6.02. The van der Waals surface area contributed by atoms with E-state index >= 15 is 0 Å². The standard InChI is InChI=1S/C16H17N/c1-17-11-14-9-5-6-10-15(14)16(12-17)13-7-3-2-4-8-13/h2-10,16H,11-12H2,1H3/t16-/m1/s1/i16D. The molecule has 1 nitrogen and oxygen atoms in total. The maximum Gasteiger partial charge on any atom is 0.0416 e. The molecule has 0 aliphatic carbocycles. The average molecular weight is 224 g/mol. The molecule has 1 atom stereocenters. The highest BCUT2D eigenvalue weighted by atomic mass is 15.1. The zero-order valence-corrected chi connectivity index (χ0v) is 10.1. The van der Waals surface area contributed by atoms with E-state index in [1.807, 2.05) is 24.3 Å². The minimum Gasteiger partial charge on any atom is -0.301 e. The van der Waals surface area contributed by atoms with Crippen LogP contribution in [0.3, 0.4) is 0 Å². The predicted octanol–water partition coefficient (Wildman–Crippen LogP) is 3.26. The third-order valence-electron chi connectivity index (χ3n) is 3.33. The molecule has 86 valence electrons. The fourth-order valence-corrected chi connectivity index (χ4v) is 2.54. The second kappa shape index (κ2) is 4.34. The molecule has 3 rings (SSSR count). The van der Waals surface area contributed by atoms with Gasteiger partial charge in [-0.1, -0.05) is 54.6 Å². The quantitative estimate of drug-likeness (QED) is 0.718. The number of benzene rings is 2. The van der Waals surface area contributed by atoms with Crippen molar-refractivity contribution < 1.29 is 1.37 Å². The topological polar surface area (TPSA) is 3.24 Å². The van der Waals surface area contributed by atoms with Crippen LogP contribution in [0.2, 0.25) is 0 Å². The summed E-state index contributed by atoms with van der Waals surface area (Å²) in [6, 6.07) is 18.5. The van der Waals surface area contributed by atoms with Crippen LogP contribution in [0.15, 0.2) is 54.6 Å². The lowest BCUT2D eigenvalue weighted by molar-refractivity contribution is 0.295. The molecule has 0 fully saturated rings. The zero-order valence-electron chi connectivity index (χ0n) is 11.1. The highest BCUT2D eigenvalue weighted by Crippen LogP contribution is 2.32. The SMILES string of the molecule is [2H][C@]1(c2ccccc2)CN(C)Cc2ccccc21. The largest absolute Gasteiger partial charge is 0.301 e. The Kier molecular flexibility index (Phi) is 2.41. The summed E-state index contributed by atoms with van der Waals surface area (Å²) in [7, 11) is 2.09. The molecule has 0 unspecified atom stereocenters. The molecule has 1 heteroatoms. The van der Waals surface area contributed by atoms with Crippen molar-refractivity contribution in [2.45, 2.75) is 12.4 Å². The van der Waals surface area contributed by atoms with Gasteiger partial charge in [-0.25, -0.2) is 0 Å². The first-order chi connectivity index (χ1) is 8.70. The number of hydrogen-bond acceptors (Lipinski definition) is 1. The normalized spacial score (nSPS) is 25.1. The maximum absolute atomic E-state index is 8.93. The van der Waals surface area contributed by atoms with Crippen LogP contribution in [0.4, 0.5) is 0 Å². The molecule has 0 aromatic heterocycles. The van der Waals surface area contributed by atoms with Gasteiger partial charge >= 0.3 is 0 Å². The lowest BCUT2D eigenvalue weighted by Crippen LogP contribution is -2.30. The van der Waals surface area contributed by atoms with Gasteiger partial charge in [0.15, 0.2) is 0 Å². The van der Waals surface area contributed by atoms with E-state index < -0.39 is 5.89 Å². The molecule has 0 spiro atoms. The molecule has 17 heavy (non-hydrogen) atoms. The number of rotatable bonds is 1. The Morgan fingerprint density at radius 1 is 1.06 bits per heavy atom. The summed E-state index contributed by atoms with van der Waals surface area (Å²) < 4.78 is 8.93. The van der Waals surface area contributed by atoms with Crippen LogP contribution in [0.1, 0.15) is 24.0 Å². The van der Waals surface area contributed by atoms with Crippen molar-refractivity contribution in [3.8, 4) is 0 Å². The third-order valence-corrected chi connectivity index (χ3v) is 3.33. The highest BCUT2D eigenvalue weighted by Gasteiger charge is 2.23. The molecular weight excluding hydrogens is 206 g/mol. The van der Waals surface area contributed by atoms with E-state index in [1.165, 1.54) is 5.56 Å². The van der Waals surface area contributed by atoms with Gasteiger partial charge in [-0.2, -0.15) is 0 Å². The van der Waals surface area contributed by atoms with Crippen LogP contribution in [-0.2, 0) is 6.54 Å². The van der Waals surface area contributed by atoms with Crippen molar-refractivity contribution in [2.24, 2.45) is 0 Å². The maximum atomic E-state index is 8.93. The van der Waals surface area contributed by atoms with Gasteiger partial charge in [-0.3, -0.25) is 0 Å². The lowest BCUT2D eigenvalue weighted by Gasteiger charge is -2.32.